The van der Waals surface area contributed by atoms with E-state index in [0.717, 1.165) is 16.7 Å². The SMILES string of the molecule is C1CCNC1.O=C1NC[C@@H](COC(c2ccccc2)(c2ccccc2)c2ccccc2)O1.S. The summed E-state index contributed by atoms with van der Waals surface area (Å²) in [6, 6.07) is 30.5. The van der Waals surface area contributed by atoms with Crippen molar-refractivity contribution in [3.8, 4) is 0 Å². The number of cyclic esters (lactones) is 1. The number of rotatable bonds is 6. The third kappa shape index (κ3) is 6.16. The van der Waals surface area contributed by atoms with E-state index in [0.29, 0.717) is 6.54 Å². The second kappa shape index (κ2) is 12.4. The molecule has 6 heteroatoms. The highest BCUT2D eigenvalue weighted by Gasteiger charge is 2.39. The second-order valence-electron chi connectivity index (χ2n) is 7.96. The zero-order chi connectivity index (χ0) is 22.1. The molecule has 0 aliphatic carbocycles. The molecule has 5 nitrogen and oxygen atoms in total. The zero-order valence-electron chi connectivity index (χ0n) is 18.7. The molecule has 2 heterocycles. The van der Waals surface area contributed by atoms with Crippen molar-refractivity contribution in [1.82, 2.24) is 10.6 Å². The Kier molecular flexibility index (Phi) is 9.36. The minimum absolute atomic E-state index is 0. The molecule has 33 heavy (non-hydrogen) atoms. The largest absolute Gasteiger partial charge is 0.442 e. The van der Waals surface area contributed by atoms with Gasteiger partial charge in [0.1, 0.15) is 11.7 Å². The number of benzene rings is 3. The normalized spacial score (nSPS) is 17.2. The van der Waals surface area contributed by atoms with Crippen LogP contribution in [0.1, 0.15) is 29.5 Å². The summed E-state index contributed by atoms with van der Waals surface area (Å²) in [5.41, 5.74) is 2.29. The first kappa shape index (κ1) is 24.8. The van der Waals surface area contributed by atoms with E-state index in [1.807, 2.05) is 54.6 Å². The van der Waals surface area contributed by atoms with Gasteiger partial charge in [-0.05, 0) is 42.6 Å². The Morgan fingerprint density at radius 3 is 1.58 bits per heavy atom. The molecule has 2 saturated heterocycles. The van der Waals surface area contributed by atoms with Crippen LogP contribution >= 0.6 is 13.5 Å². The molecule has 0 radical (unpaired) electrons. The smallest absolute Gasteiger partial charge is 0.407 e. The summed E-state index contributed by atoms with van der Waals surface area (Å²) in [5.74, 6) is 0. The molecule has 2 fully saturated rings. The number of nitrogens with one attached hydrogen (secondary N) is 2. The van der Waals surface area contributed by atoms with Crippen molar-refractivity contribution < 1.29 is 14.3 Å². The fraction of sp³-hybridized carbons (Fsp3) is 0.296. The summed E-state index contributed by atoms with van der Waals surface area (Å²) in [6.45, 7) is 3.24. The van der Waals surface area contributed by atoms with Crippen molar-refractivity contribution >= 4 is 19.6 Å². The summed E-state index contributed by atoms with van der Waals surface area (Å²) >= 11 is 0. The van der Waals surface area contributed by atoms with Gasteiger partial charge in [0, 0.05) is 0 Å². The average molecular weight is 465 g/mol. The highest BCUT2D eigenvalue weighted by molar-refractivity contribution is 7.59. The van der Waals surface area contributed by atoms with Gasteiger partial charge in [-0.3, -0.25) is 0 Å². The number of carbonyl (C=O) groups is 1. The molecule has 2 aliphatic rings. The molecule has 3 aromatic rings. The van der Waals surface area contributed by atoms with Crippen molar-refractivity contribution in [2.24, 2.45) is 0 Å². The standard InChI is InChI=1S/C23H21NO3.C4H9N.H2S/c25-22-24-16-21(27-22)17-26-23(18-10-4-1-5-11-18,19-12-6-2-7-13-19)20-14-8-3-9-15-20;1-2-4-5-3-1;/h1-15,21H,16-17H2,(H,24,25);5H,1-4H2;1H2/t21-;;/m0../s1. The van der Waals surface area contributed by atoms with Crippen LogP contribution in [-0.4, -0.2) is 38.4 Å². The number of hydrogen-bond acceptors (Lipinski definition) is 4. The van der Waals surface area contributed by atoms with E-state index in [1.165, 1.54) is 25.9 Å². The van der Waals surface area contributed by atoms with Crippen LogP contribution in [0.4, 0.5) is 4.79 Å². The van der Waals surface area contributed by atoms with Gasteiger partial charge < -0.3 is 20.1 Å². The second-order valence-corrected chi connectivity index (χ2v) is 7.96. The molecule has 1 amide bonds. The highest BCUT2D eigenvalue weighted by atomic mass is 32.1. The summed E-state index contributed by atoms with van der Waals surface area (Å²) in [7, 11) is 0. The van der Waals surface area contributed by atoms with E-state index in [2.05, 4.69) is 47.0 Å². The first-order valence-corrected chi connectivity index (χ1v) is 11.2. The number of ether oxygens (including phenoxy) is 2. The van der Waals surface area contributed by atoms with Gasteiger partial charge in [0.25, 0.3) is 0 Å². The summed E-state index contributed by atoms with van der Waals surface area (Å²) in [4.78, 5) is 11.4. The Hall–Kier alpha value is -2.80. The van der Waals surface area contributed by atoms with Gasteiger partial charge in [0.05, 0.1) is 13.2 Å². The molecule has 0 aromatic heterocycles. The molecular formula is C27H32N2O3S. The fourth-order valence-electron chi connectivity index (χ4n) is 4.14. The Bertz CT molecular complexity index is 862. The number of hydrogen-bond donors (Lipinski definition) is 2. The van der Waals surface area contributed by atoms with E-state index in [1.54, 1.807) is 0 Å². The van der Waals surface area contributed by atoms with Gasteiger partial charge in [-0.15, -0.1) is 0 Å². The first-order chi connectivity index (χ1) is 15.8. The van der Waals surface area contributed by atoms with Crippen LogP contribution in [-0.2, 0) is 15.1 Å². The van der Waals surface area contributed by atoms with E-state index >= 15 is 0 Å². The van der Waals surface area contributed by atoms with Gasteiger partial charge >= 0.3 is 6.09 Å². The molecule has 2 N–H and O–H groups in total. The van der Waals surface area contributed by atoms with Gasteiger partial charge in [-0.1, -0.05) is 91.0 Å². The van der Waals surface area contributed by atoms with Crippen molar-refractivity contribution in [3.63, 3.8) is 0 Å². The van der Waals surface area contributed by atoms with Crippen LogP contribution in [0.3, 0.4) is 0 Å². The summed E-state index contributed by atoms with van der Waals surface area (Å²) < 4.78 is 11.9. The summed E-state index contributed by atoms with van der Waals surface area (Å²) in [6.07, 6.45) is 2.07. The molecule has 0 bridgehead atoms. The predicted molar refractivity (Wildman–Crippen MR) is 136 cm³/mol. The zero-order valence-corrected chi connectivity index (χ0v) is 19.7. The van der Waals surface area contributed by atoms with E-state index in [9.17, 15) is 4.79 Å². The Balaban J connectivity index is 0.000000453. The average Bonchev–Trinajstić information content (AvgIpc) is 3.57. The fourth-order valence-corrected chi connectivity index (χ4v) is 4.14. The van der Waals surface area contributed by atoms with Gasteiger partial charge in [-0.25, -0.2) is 4.79 Å². The van der Waals surface area contributed by atoms with Crippen LogP contribution < -0.4 is 10.6 Å². The Morgan fingerprint density at radius 2 is 1.24 bits per heavy atom. The lowest BCUT2D eigenvalue weighted by Crippen LogP contribution is -2.36. The lowest BCUT2D eigenvalue weighted by molar-refractivity contribution is -0.0296. The molecule has 0 unspecified atom stereocenters. The molecular weight excluding hydrogens is 432 g/mol. The van der Waals surface area contributed by atoms with Crippen LogP contribution in [0, 0.1) is 0 Å². The molecule has 2 aliphatic heterocycles. The van der Waals surface area contributed by atoms with Crippen molar-refractivity contribution in [2.45, 2.75) is 24.5 Å². The molecule has 5 rings (SSSR count). The summed E-state index contributed by atoms with van der Waals surface area (Å²) in [5, 5.41) is 5.91. The van der Waals surface area contributed by atoms with Crippen molar-refractivity contribution in [3.05, 3.63) is 108 Å². The monoisotopic (exact) mass is 464 g/mol. The molecule has 3 aromatic carbocycles. The molecule has 0 saturated carbocycles. The van der Waals surface area contributed by atoms with E-state index < -0.39 is 11.7 Å². The van der Waals surface area contributed by atoms with E-state index in [-0.39, 0.29) is 26.2 Å². The minimum Gasteiger partial charge on any atom is -0.442 e. The van der Waals surface area contributed by atoms with E-state index in [4.69, 9.17) is 9.47 Å². The number of carbonyl (C=O) groups excluding carboxylic acids is 1. The maximum absolute atomic E-state index is 11.4. The molecule has 1 atom stereocenters. The van der Waals surface area contributed by atoms with Crippen molar-refractivity contribution in [1.29, 1.82) is 0 Å². The Morgan fingerprint density at radius 1 is 0.788 bits per heavy atom. The molecule has 174 valence electrons. The number of amides is 1. The topological polar surface area (TPSA) is 59.6 Å². The third-order valence-corrected chi connectivity index (χ3v) is 5.73. The first-order valence-electron chi connectivity index (χ1n) is 11.2. The number of alkyl carbamates (subject to hydrolysis) is 1. The van der Waals surface area contributed by atoms with Gasteiger partial charge in [0.15, 0.2) is 0 Å². The van der Waals surface area contributed by atoms with Gasteiger partial charge in [-0.2, -0.15) is 13.5 Å². The van der Waals surface area contributed by atoms with Crippen LogP contribution in [0.25, 0.3) is 0 Å². The minimum atomic E-state index is -0.793. The van der Waals surface area contributed by atoms with Crippen LogP contribution in [0.2, 0.25) is 0 Å². The Labute approximate surface area is 203 Å². The highest BCUT2D eigenvalue weighted by Crippen LogP contribution is 2.40. The third-order valence-electron chi connectivity index (χ3n) is 5.73. The van der Waals surface area contributed by atoms with Crippen molar-refractivity contribution in [2.75, 3.05) is 26.2 Å². The van der Waals surface area contributed by atoms with Crippen LogP contribution in [0.15, 0.2) is 91.0 Å². The maximum Gasteiger partial charge on any atom is 0.407 e. The lowest BCUT2D eigenvalue weighted by atomic mass is 9.80. The quantitative estimate of drug-likeness (QED) is 0.524. The van der Waals surface area contributed by atoms with Crippen LogP contribution in [0.5, 0.6) is 0 Å². The van der Waals surface area contributed by atoms with Gasteiger partial charge in [0.2, 0.25) is 0 Å². The predicted octanol–water partition coefficient (Wildman–Crippen LogP) is 4.59. The maximum atomic E-state index is 11.4. The lowest BCUT2D eigenvalue weighted by Gasteiger charge is -2.36. The molecule has 0 spiro atoms.